The summed E-state index contributed by atoms with van der Waals surface area (Å²) in [5.41, 5.74) is 1.09. The summed E-state index contributed by atoms with van der Waals surface area (Å²) in [4.78, 5) is 8.10. The third-order valence-electron chi connectivity index (χ3n) is 2.53. The maximum Gasteiger partial charge on any atom is 0.252 e. The Morgan fingerprint density at radius 2 is 2.24 bits per heavy atom. The Morgan fingerprint density at radius 1 is 1.41 bits per heavy atom. The van der Waals surface area contributed by atoms with Crippen molar-refractivity contribution in [2.75, 3.05) is 7.05 Å². The van der Waals surface area contributed by atoms with Crippen LogP contribution in [0.4, 0.5) is 0 Å². The molecule has 1 atom stereocenters. The summed E-state index contributed by atoms with van der Waals surface area (Å²) in [6.07, 6.45) is 3.26. The van der Waals surface area contributed by atoms with Crippen LogP contribution in [0.3, 0.4) is 0 Å². The van der Waals surface area contributed by atoms with Crippen molar-refractivity contribution in [2.45, 2.75) is 13.0 Å². The number of rotatable bonds is 3. The zero-order valence-corrected chi connectivity index (χ0v) is 9.62. The Bertz CT molecular complexity index is 536. The van der Waals surface area contributed by atoms with Gasteiger partial charge in [0, 0.05) is 12.2 Å². The molecule has 2 rings (SSSR count). The maximum absolute atomic E-state index is 8.63. The summed E-state index contributed by atoms with van der Waals surface area (Å²) in [6, 6.07) is 5.94. The first-order valence-electron chi connectivity index (χ1n) is 5.20. The molecule has 0 aliphatic heterocycles. The molecule has 0 saturated heterocycles. The quantitative estimate of drug-likeness (QED) is 0.841. The van der Waals surface area contributed by atoms with Crippen molar-refractivity contribution in [3.63, 3.8) is 0 Å². The van der Waals surface area contributed by atoms with Crippen molar-refractivity contribution in [3.05, 3.63) is 36.0 Å². The minimum absolute atomic E-state index is 0.138. The topological polar surface area (TPSA) is 79.4 Å². The minimum Gasteiger partial charge on any atom is -0.313 e. The molecule has 0 aliphatic carbocycles. The van der Waals surface area contributed by atoms with Crippen LogP contribution in [0.5, 0.6) is 0 Å². The van der Waals surface area contributed by atoms with Crippen LogP contribution in [-0.2, 0) is 0 Å². The highest BCUT2D eigenvalue weighted by Gasteiger charge is 2.05. The van der Waals surface area contributed by atoms with E-state index in [1.807, 2.05) is 25.2 Å². The molecule has 2 aromatic heterocycles. The molecule has 6 heteroatoms. The van der Waals surface area contributed by atoms with Crippen LogP contribution in [0.1, 0.15) is 24.4 Å². The first kappa shape index (κ1) is 11.2. The highest BCUT2D eigenvalue weighted by Crippen LogP contribution is 2.11. The Labute approximate surface area is 98.9 Å². The number of hydrogen-bond donors (Lipinski definition) is 1. The number of nitrogens with one attached hydrogen (secondary N) is 1. The van der Waals surface area contributed by atoms with Gasteiger partial charge in [0.05, 0.1) is 0 Å². The number of aromatic nitrogens is 4. The molecule has 2 heterocycles. The zero-order chi connectivity index (χ0) is 12.3. The van der Waals surface area contributed by atoms with E-state index >= 15 is 0 Å². The molecule has 0 radical (unpaired) electrons. The van der Waals surface area contributed by atoms with Gasteiger partial charge in [0.1, 0.15) is 12.4 Å². The van der Waals surface area contributed by atoms with Gasteiger partial charge in [-0.05, 0) is 25.6 Å². The average Bonchev–Trinajstić information content (AvgIpc) is 2.87. The zero-order valence-electron chi connectivity index (χ0n) is 9.62. The first-order chi connectivity index (χ1) is 8.24. The van der Waals surface area contributed by atoms with Crippen molar-refractivity contribution in [1.29, 1.82) is 5.26 Å². The van der Waals surface area contributed by atoms with E-state index < -0.39 is 0 Å². The lowest BCUT2D eigenvalue weighted by atomic mass is 10.1. The Hall–Kier alpha value is -2.26. The third-order valence-corrected chi connectivity index (χ3v) is 2.53. The smallest absolute Gasteiger partial charge is 0.252 e. The van der Waals surface area contributed by atoms with E-state index in [4.69, 9.17) is 5.26 Å². The second-order valence-corrected chi connectivity index (χ2v) is 3.58. The van der Waals surface area contributed by atoms with Crippen LogP contribution in [0.15, 0.2) is 24.7 Å². The fraction of sp³-hybridized carbons (Fsp3) is 0.273. The molecule has 17 heavy (non-hydrogen) atoms. The van der Waals surface area contributed by atoms with Gasteiger partial charge in [0.2, 0.25) is 0 Å². The lowest BCUT2D eigenvalue weighted by molar-refractivity contribution is 0.648. The van der Waals surface area contributed by atoms with E-state index in [0.29, 0.717) is 5.82 Å². The van der Waals surface area contributed by atoms with Crippen LogP contribution in [0.2, 0.25) is 0 Å². The molecule has 86 valence electrons. The predicted molar refractivity (Wildman–Crippen MR) is 61.3 cm³/mol. The van der Waals surface area contributed by atoms with Crippen LogP contribution in [0.25, 0.3) is 5.82 Å². The van der Waals surface area contributed by atoms with Gasteiger partial charge < -0.3 is 5.32 Å². The molecule has 0 amide bonds. The van der Waals surface area contributed by atoms with E-state index in [-0.39, 0.29) is 11.9 Å². The monoisotopic (exact) mass is 228 g/mol. The van der Waals surface area contributed by atoms with Gasteiger partial charge in [-0.15, -0.1) is 5.10 Å². The van der Waals surface area contributed by atoms with Crippen molar-refractivity contribution in [1.82, 2.24) is 25.1 Å². The van der Waals surface area contributed by atoms with Crippen molar-refractivity contribution < 1.29 is 0 Å². The molecular formula is C11H12N6. The van der Waals surface area contributed by atoms with Crippen LogP contribution >= 0.6 is 0 Å². The molecule has 1 unspecified atom stereocenters. The number of hydrogen-bond acceptors (Lipinski definition) is 5. The van der Waals surface area contributed by atoms with E-state index in [1.165, 1.54) is 11.0 Å². The van der Waals surface area contributed by atoms with E-state index in [1.54, 1.807) is 6.20 Å². The van der Waals surface area contributed by atoms with Crippen LogP contribution in [0, 0.1) is 11.3 Å². The van der Waals surface area contributed by atoms with Crippen LogP contribution < -0.4 is 5.32 Å². The highest BCUT2D eigenvalue weighted by molar-refractivity contribution is 5.26. The van der Waals surface area contributed by atoms with Crippen molar-refractivity contribution in [3.8, 4) is 11.9 Å². The molecule has 2 aromatic rings. The minimum atomic E-state index is 0.138. The molecule has 0 spiro atoms. The Kier molecular flexibility index (Phi) is 3.12. The van der Waals surface area contributed by atoms with Gasteiger partial charge in [-0.25, -0.2) is 14.6 Å². The maximum atomic E-state index is 8.63. The molecule has 1 N–H and O–H groups in total. The molecule has 0 aliphatic rings. The Balaban J connectivity index is 2.26. The molecule has 0 fully saturated rings. The largest absolute Gasteiger partial charge is 0.313 e. The fourth-order valence-electron chi connectivity index (χ4n) is 1.38. The number of pyridine rings is 1. The first-order valence-corrected chi connectivity index (χ1v) is 5.20. The second-order valence-electron chi connectivity index (χ2n) is 3.58. The van der Waals surface area contributed by atoms with Gasteiger partial charge in [0.25, 0.3) is 5.82 Å². The molecule has 0 saturated carbocycles. The van der Waals surface area contributed by atoms with E-state index in [9.17, 15) is 0 Å². The Morgan fingerprint density at radius 3 is 2.76 bits per heavy atom. The van der Waals surface area contributed by atoms with E-state index in [2.05, 4.69) is 27.3 Å². The lowest BCUT2D eigenvalue weighted by Crippen LogP contribution is -2.12. The molecule has 0 bridgehead atoms. The normalized spacial score (nSPS) is 12.1. The summed E-state index contributed by atoms with van der Waals surface area (Å²) in [6.45, 7) is 2.06. The standard InChI is InChI=1S/C11H12N6/c1-8(13-2)9-3-4-11(14-6-9)17-7-15-10(5-12)16-17/h3-4,6-8,13H,1-2H3. The third kappa shape index (κ3) is 2.29. The van der Waals surface area contributed by atoms with Gasteiger partial charge in [-0.1, -0.05) is 6.07 Å². The number of nitrogens with zero attached hydrogens (tertiary/aromatic N) is 5. The highest BCUT2D eigenvalue weighted by atomic mass is 15.4. The van der Waals surface area contributed by atoms with Crippen molar-refractivity contribution in [2.24, 2.45) is 0 Å². The number of nitriles is 1. The second kappa shape index (κ2) is 4.72. The summed E-state index contributed by atoms with van der Waals surface area (Å²) in [7, 11) is 1.90. The molecule has 6 nitrogen and oxygen atoms in total. The average molecular weight is 228 g/mol. The van der Waals surface area contributed by atoms with Crippen LogP contribution in [-0.4, -0.2) is 26.8 Å². The summed E-state index contributed by atoms with van der Waals surface area (Å²) in [5, 5.41) is 15.7. The summed E-state index contributed by atoms with van der Waals surface area (Å²) in [5.74, 6) is 0.783. The molecular weight excluding hydrogens is 216 g/mol. The van der Waals surface area contributed by atoms with Gasteiger partial charge >= 0.3 is 0 Å². The van der Waals surface area contributed by atoms with Crippen molar-refractivity contribution >= 4 is 0 Å². The summed E-state index contributed by atoms with van der Waals surface area (Å²) >= 11 is 0. The SMILES string of the molecule is CNC(C)c1ccc(-n2cnc(C#N)n2)nc1. The van der Waals surface area contributed by atoms with Gasteiger partial charge in [-0.3, -0.25) is 0 Å². The van der Waals surface area contributed by atoms with E-state index in [0.717, 1.165) is 5.56 Å². The van der Waals surface area contributed by atoms with Gasteiger partial charge in [-0.2, -0.15) is 5.26 Å². The lowest BCUT2D eigenvalue weighted by Gasteiger charge is -2.10. The fourth-order valence-corrected chi connectivity index (χ4v) is 1.38. The molecule has 0 aromatic carbocycles. The predicted octanol–water partition coefficient (Wildman–Crippen LogP) is 0.814. The summed E-state index contributed by atoms with van der Waals surface area (Å²) < 4.78 is 1.48. The van der Waals surface area contributed by atoms with Gasteiger partial charge in [0.15, 0.2) is 5.82 Å².